The molecule has 10 heteroatoms. The van der Waals surface area contributed by atoms with Crippen LogP contribution in [-0.2, 0) is 28.4 Å². The average molecular weight is 478 g/mol. The molecule has 1 saturated heterocycles. The number of aryl methyl sites for hydroxylation is 1. The largest absolute Gasteiger partial charge is 0.419 e. The van der Waals surface area contributed by atoms with Gasteiger partial charge in [-0.1, -0.05) is 23.7 Å². The molecule has 0 saturated carbocycles. The summed E-state index contributed by atoms with van der Waals surface area (Å²) in [5.41, 5.74) is 1.75. The molecule has 1 aliphatic rings. The highest BCUT2D eigenvalue weighted by Gasteiger charge is 2.30. The van der Waals surface area contributed by atoms with Crippen molar-refractivity contribution in [2.45, 2.75) is 30.7 Å². The van der Waals surface area contributed by atoms with E-state index < -0.39 is 15.8 Å². The van der Waals surface area contributed by atoms with Crippen molar-refractivity contribution in [1.29, 1.82) is 0 Å². The van der Waals surface area contributed by atoms with Crippen LogP contribution in [0.25, 0.3) is 11.1 Å². The normalized spacial score (nSPS) is 15.8. The molecule has 4 rings (SSSR count). The summed E-state index contributed by atoms with van der Waals surface area (Å²) >= 11 is 5.87. The van der Waals surface area contributed by atoms with Gasteiger partial charge in [0.15, 0.2) is 5.58 Å². The number of rotatable bonds is 6. The Hall–Kier alpha value is -2.62. The van der Waals surface area contributed by atoms with Crippen LogP contribution in [0.3, 0.4) is 0 Å². The Morgan fingerprint density at radius 2 is 1.84 bits per heavy atom. The second-order valence-corrected chi connectivity index (χ2v) is 10.4. The predicted molar refractivity (Wildman–Crippen MR) is 121 cm³/mol. The third-order valence-electron chi connectivity index (χ3n) is 5.85. The van der Waals surface area contributed by atoms with E-state index in [4.69, 9.17) is 16.0 Å². The van der Waals surface area contributed by atoms with Gasteiger partial charge in [0.1, 0.15) is 0 Å². The first-order valence-corrected chi connectivity index (χ1v) is 12.2. The Morgan fingerprint density at radius 1 is 1.16 bits per heavy atom. The zero-order valence-corrected chi connectivity index (χ0v) is 19.2. The lowest BCUT2D eigenvalue weighted by molar-refractivity contribution is -0.122. The Kier molecular flexibility index (Phi) is 6.41. The molecule has 32 heavy (non-hydrogen) atoms. The Morgan fingerprint density at radius 3 is 2.53 bits per heavy atom. The van der Waals surface area contributed by atoms with Gasteiger partial charge in [-0.05, 0) is 48.6 Å². The van der Waals surface area contributed by atoms with E-state index in [1.54, 1.807) is 25.2 Å². The minimum absolute atomic E-state index is 0.0502. The maximum absolute atomic E-state index is 13.0. The highest BCUT2D eigenvalue weighted by atomic mass is 35.5. The molecular weight excluding hydrogens is 454 g/mol. The number of piperidine rings is 1. The first-order chi connectivity index (χ1) is 15.2. The van der Waals surface area contributed by atoms with E-state index in [1.165, 1.54) is 21.0 Å². The van der Waals surface area contributed by atoms with Crippen LogP contribution in [0.2, 0.25) is 5.02 Å². The van der Waals surface area contributed by atoms with Crippen LogP contribution in [0.15, 0.2) is 56.6 Å². The number of hydrogen-bond acceptors (Lipinski definition) is 5. The second-order valence-electron chi connectivity index (χ2n) is 8.01. The fraction of sp³-hybridized carbons (Fsp3) is 0.364. The molecule has 3 aromatic rings. The number of nitrogens with zero attached hydrogens (tertiary/aromatic N) is 2. The number of nitrogens with one attached hydrogen (secondary N) is 1. The number of amides is 1. The number of carbonyl (C=O) groups excluding carboxylic acids is 1. The molecule has 0 unspecified atom stereocenters. The van der Waals surface area contributed by atoms with Gasteiger partial charge in [-0.3, -0.25) is 9.36 Å². The highest BCUT2D eigenvalue weighted by Crippen LogP contribution is 2.27. The molecule has 2 aromatic carbocycles. The lowest BCUT2D eigenvalue weighted by Crippen LogP contribution is -2.39. The van der Waals surface area contributed by atoms with Crippen LogP contribution >= 0.6 is 11.6 Å². The van der Waals surface area contributed by atoms with Gasteiger partial charge >= 0.3 is 5.76 Å². The number of benzene rings is 2. The van der Waals surface area contributed by atoms with Crippen LogP contribution in [0.5, 0.6) is 0 Å². The van der Waals surface area contributed by atoms with Crippen molar-refractivity contribution >= 4 is 38.6 Å². The predicted octanol–water partition coefficient (Wildman–Crippen LogP) is 2.89. The van der Waals surface area contributed by atoms with Crippen molar-refractivity contribution in [2.24, 2.45) is 13.0 Å². The lowest BCUT2D eigenvalue weighted by Gasteiger charge is -2.31. The summed E-state index contributed by atoms with van der Waals surface area (Å²) in [5, 5.41) is 3.55. The average Bonchev–Trinajstić information content (AvgIpc) is 3.06. The maximum Gasteiger partial charge on any atom is 0.419 e. The maximum atomic E-state index is 13.0. The standard InChI is InChI=1S/C22H24ClN3O5S/c1-25-19-7-6-18(13-20(19)31-22(25)28)32(29,30)26-10-8-15(9-11-26)12-21(27)24-14-16-2-4-17(23)5-3-16/h2-7,13,15H,8-12,14H2,1H3,(H,24,27). The molecule has 2 heterocycles. The Balaban J connectivity index is 1.33. The third-order valence-corrected chi connectivity index (χ3v) is 8.00. The quantitative estimate of drug-likeness (QED) is 0.588. The molecule has 1 amide bonds. The number of sulfonamides is 1. The third kappa shape index (κ3) is 4.74. The highest BCUT2D eigenvalue weighted by molar-refractivity contribution is 7.89. The molecule has 1 aromatic heterocycles. The molecule has 1 fully saturated rings. The minimum atomic E-state index is -3.71. The van der Waals surface area contributed by atoms with Crippen LogP contribution in [0.1, 0.15) is 24.8 Å². The van der Waals surface area contributed by atoms with Crippen molar-refractivity contribution in [3.8, 4) is 0 Å². The van der Waals surface area contributed by atoms with Crippen molar-refractivity contribution in [2.75, 3.05) is 13.1 Å². The zero-order valence-electron chi connectivity index (χ0n) is 17.6. The van der Waals surface area contributed by atoms with Gasteiger partial charge in [0.05, 0.1) is 10.4 Å². The van der Waals surface area contributed by atoms with Crippen LogP contribution in [0.4, 0.5) is 0 Å². The van der Waals surface area contributed by atoms with Gasteiger partial charge in [-0.2, -0.15) is 4.31 Å². The molecule has 0 aliphatic carbocycles. The number of carbonyl (C=O) groups is 1. The summed E-state index contributed by atoms with van der Waals surface area (Å²) in [7, 11) is -2.14. The molecule has 8 nitrogen and oxygen atoms in total. The lowest BCUT2D eigenvalue weighted by atomic mass is 9.94. The zero-order chi connectivity index (χ0) is 22.9. The van der Waals surface area contributed by atoms with Crippen LogP contribution < -0.4 is 11.1 Å². The summed E-state index contributed by atoms with van der Waals surface area (Å²) in [6, 6.07) is 11.7. The van der Waals surface area contributed by atoms with E-state index in [2.05, 4.69) is 5.32 Å². The number of oxazole rings is 1. The fourth-order valence-corrected chi connectivity index (χ4v) is 5.53. The summed E-state index contributed by atoms with van der Waals surface area (Å²) in [4.78, 5) is 24.1. The van der Waals surface area contributed by atoms with Crippen molar-refractivity contribution in [3.63, 3.8) is 0 Å². The van der Waals surface area contributed by atoms with Gasteiger partial charge in [0.2, 0.25) is 15.9 Å². The Labute approximate surface area is 190 Å². The van der Waals surface area contributed by atoms with Gasteiger partial charge in [-0.15, -0.1) is 0 Å². The number of hydrogen-bond donors (Lipinski definition) is 1. The summed E-state index contributed by atoms with van der Waals surface area (Å²) in [6.45, 7) is 1.11. The Bertz CT molecular complexity index is 1290. The number of aromatic nitrogens is 1. The van der Waals surface area contributed by atoms with Gasteiger partial charge in [-0.25, -0.2) is 13.2 Å². The van der Waals surface area contributed by atoms with Gasteiger partial charge in [0, 0.05) is 44.2 Å². The summed E-state index contributed by atoms with van der Waals surface area (Å²) in [5.74, 6) is -0.461. The molecule has 0 atom stereocenters. The van der Waals surface area contributed by atoms with Gasteiger partial charge in [0.25, 0.3) is 0 Å². The molecule has 0 bridgehead atoms. The number of fused-ring (bicyclic) bond motifs is 1. The molecule has 170 valence electrons. The minimum Gasteiger partial charge on any atom is -0.408 e. The molecule has 1 N–H and O–H groups in total. The van der Waals surface area contributed by atoms with E-state index in [1.807, 2.05) is 12.1 Å². The first-order valence-electron chi connectivity index (χ1n) is 10.3. The number of halogens is 1. The smallest absolute Gasteiger partial charge is 0.408 e. The molecular formula is C22H24ClN3O5S. The first kappa shape index (κ1) is 22.6. The van der Waals surface area contributed by atoms with E-state index >= 15 is 0 Å². The van der Waals surface area contributed by atoms with E-state index in [0.29, 0.717) is 49.4 Å². The van der Waals surface area contributed by atoms with Crippen molar-refractivity contribution in [3.05, 3.63) is 63.6 Å². The summed E-state index contributed by atoms with van der Waals surface area (Å²) in [6.07, 6.45) is 1.58. The topological polar surface area (TPSA) is 102 Å². The van der Waals surface area contributed by atoms with Crippen LogP contribution in [0, 0.1) is 5.92 Å². The van der Waals surface area contributed by atoms with Gasteiger partial charge < -0.3 is 9.73 Å². The van der Waals surface area contributed by atoms with Crippen molar-refractivity contribution < 1.29 is 17.6 Å². The SMILES string of the molecule is Cn1c(=O)oc2cc(S(=O)(=O)N3CCC(CC(=O)NCc4ccc(Cl)cc4)CC3)ccc21. The molecule has 1 aliphatic heterocycles. The van der Waals surface area contributed by atoms with Crippen LogP contribution in [-0.4, -0.2) is 36.3 Å². The monoisotopic (exact) mass is 477 g/mol. The second kappa shape index (κ2) is 9.09. The van der Waals surface area contributed by atoms with E-state index in [-0.39, 0.29) is 22.3 Å². The van der Waals surface area contributed by atoms with E-state index in [9.17, 15) is 18.0 Å². The fourth-order valence-electron chi connectivity index (χ4n) is 3.91. The molecule has 0 spiro atoms. The molecule has 0 radical (unpaired) electrons. The van der Waals surface area contributed by atoms with Crippen molar-refractivity contribution in [1.82, 2.24) is 14.2 Å². The summed E-state index contributed by atoms with van der Waals surface area (Å²) < 4.78 is 34.0. The van der Waals surface area contributed by atoms with E-state index in [0.717, 1.165) is 5.56 Å².